The molecule has 2 amide bonds. The van der Waals surface area contributed by atoms with Gasteiger partial charge in [0.25, 0.3) is 5.91 Å². The van der Waals surface area contributed by atoms with Crippen LogP contribution in [0.3, 0.4) is 0 Å². The van der Waals surface area contributed by atoms with Gasteiger partial charge >= 0.3 is 29.6 Å². The van der Waals surface area contributed by atoms with Crippen molar-refractivity contribution in [2.75, 3.05) is 25.7 Å². The van der Waals surface area contributed by atoms with Crippen molar-refractivity contribution in [3.8, 4) is 11.5 Å². The van der Waals surface area contributed by atoms with Crippen molar-refractivity contribution in [1.82, 2.24) is 10.2 Å². The van der Waals surface area contributed by atoms with Crippen LogP contribution in [0.4, 0.5) is 0 Å². The number of ether oxygens (including phenoxy) is 2. The molecule has 11 heteroatoms. The number of β-lactam (4-membered cyclic amide) rings is 1. The third-order valence-electron chi connectivity index (χ3n) is 5.72. The van der Waals surface area contributed by atoms with E-state index in [0.29, 0.717) is 24.3 Å². The van der Waals surface area contributed by atoms with Gasteiger partial charge < -0.3 is 29.6 Å². The molecule has 3 heterocycles. The number of rotatable bonds is 5. The molecule has 3 fully saturated rings. The molecule has 4 rings (SSSR count). The average Bonchev–Trinajstić information content (AvgIpc) is 3.02. The molecule has 30 heavy (non-hydrogen) atoms. The van der Waals surface area contributed by atoms with Gasteiger partial charge in [-0.3, -0.25) is 9.59 Å². The summed E-state index contributed by atoms with van der Waals surface area (Å²) < 4.78 is 9.98. The fourth-order valence-corrected chi connectivity index (χ4v) is 7.70. The molecule has 156 valence electrons. The molecule has 0 aliphatic carbocycles. The van der Waals surface area contributed by atoms with Crippen LogP contribution in [0.1, 0.15) is 23.2 Å². The zero-order valence-corrected chi connectivity index (χ0v) is 20.6. The van der Waals surface area contributed by atoms with Gasteiger partial charge in [-0.2, -0.15) is 11.8 Å². The number of benzene rings is 1. The topological polar surface area (TPSA) is 108 Å². The summed E-state index contributed by atoms with van der Waals surface area (Å²) in [5.41, 5.74) is 0.201. The van der Waals surface area contributed by atoms with Crippen LogP contribution in [0, 0.1) is 0 Å². The van der Waals surface area contributed by atoms with Crippen LogP contribution < -0.4 is 49.5 Å². The number of carboxylic acid groups (broad SMARTS) is 1. The van der Waals surface area contributed by atoms with Gasteiger partial charge in [0.15, 0.2) is 0 Å². The van der Waals surface area contributed by atoms with Crippen molar-refractivity contribution in [3.05, 3.63) is 23.8 Å². The molecular formula is C19H21N2NaO6S2. The van der Waals surface area contributed by atoms with Crippen molar-refractivity contribution in [2.24, 2.45) is 0 Å². The maximum Gasteiger partial charge on any atom is 1.00 e. The maximum absolute atomic E-state index is 12.9. The van der Waals surface area contributed by atoms with Gasteiger partial charge in [0.1, 0.15) is 28.5 Å². The largest absolute Gasteiger partial charge is 1.00 e. The Hall–Kier alpha value is -1.07. The molecule has 3 aliphatic heterocycles. The summed E-state index contributed by atoms with van der Waals surface area (Å²) in [6, 6.07) is 3.22. The molecule has 3 atom stereocenters. The van der Waals surface area contributed by atoms with E-state index in [1.807, 2.05) is 0 Å². The van der Waals surface area contributed by atoms with E-state index in [1.165, 1.54) is 30.9 Å². The van der Waals surface area contributed by atoms with E-state index in [2.05, 4.69) is 5.32 Å². The summed E-state index contributed by atoms with van der Waals surface area (Å²) in [7, 11) is 2.90. The number of thioether (sulfide) groups is 2. The Balaban J connectivity index is 0.00000256. The van der Waals surface area contributed by atoms with Crippen LogP contribution in [0.2, 0.25) is 0 Å². The summed E-state index contributed by atoms with van der Waals surface area (Å²) in [6.45, 7) is 0. The van der Waals surface area contributed by atoms with Crippen molar-refractivity contribution >= 4 is 41.3 Å². The fourth-order valence-electron chi connectivity index (χ4n) is 4.30. The first kappa shape index (κ1) is 23.6. The predicted octanol–water partition coefficient (Wildman–Crippen LogP) is -2.89. The molecule has 0 bridgehead atoms. The van der Waals surface area contributed by atoms with Gasteiger partial charge in [0.05, 0.1) is 26.2 Å². The fraction of sp³-hybridized carbons (Fsp3) is 0.526. The van der Waals surface area contributed by atoms with E-state index in [4.69, 9.17) is 9.47 Å². The number of amides is 2. The van der Waals surface area contributed by atoms with E-state index in [9.17, 15) is 19.5 Å². The second-order valence-electron chi connectivity index (χ2n) is 7.14. The summed E-state index contributed by atoms with van der Waals surface area (Å²) in [5, 5.41) is 14.2. The standard InChI is InChI=1S/C19H22N2O6S2.Na/c1-26-10-4-3-5-11(27-2)12(10)15(22)20-13-16(23)21-14(18(24)25)19(29-17(13)21)6-8-28-9-7-19;/h3-5,13-14,17H,6-9H2,1-2H3,(H,20,22)(H,24,25);/q;+1/p-1/t13?,14?,17-;/m0./s1. The summed E-state index contributed by atoms with van der Waals surface area (Å²) in [6.07, 6.45) is 1.39. The first-order valence-corrected chi connectivity index (χ1v) is 11.3. The van der Waals surface area contributed by atoms with E-state index >= 15 is 0 Å². The number of nitrogens with one attached hydrogen (secondary N) is 1. The van der Waals surface area contributed by atoms with Crippen molar-refractivity contribution in [1.29, 1.82) is 0 Å². The van der Waals surface area contributed by atoms with E-state index in [-0.39, 0.29) is 35.1 Å². The van der Waals surface area contributed by atoms with E-state index in [1.54, 1.807) is 30.0 Å². The number of fused-ring (bicyclic) bond motifs is 1. The Morgan fingerprint density at radius 3 is 2.33 bits per heavy atom. The number of aliphatic carboxylic acids is 1. The molecular weight excluding hydrogens is 439 g/mol. The van der Waals surface area contributed by atoms with Gasteiger partial charge in [-0.15, -0.1) is 11.8 Å². The number of carbonyl (C=O) groups is 3. The number of carbonyl (C=O) groups excluding carboxylic acids is 3. The molecule has 1 aromatic rings. The quantitative estimate of drug-likeness (QED) is 0.369. The van der Waals surface area contributed by atoms with Crippen LogP contribution in [0.5, 0.6) is 11.5 Å². The number of nitrogens with zero attached hydrogens (tertiary/aromatic N) is 1. The van der Waals surface area contributed by atoms with E-state index < -0.39 is 40.0 Å². The first-order valence-electron chi connectivity index (χ1n) is 9.24. The molecule has 0 saturated carbocycles. The molecule has 0 aromatic heterocycles. The first-order chi connectivity index (χ1) is 13.9. The molecule has 3 aliphatic rings. The van der Waals surface area contributed by atoms with Crippen LogP contribution in [0.15, 0.2) is 18.2 Å². The summed E-state index contributed by atoms with van der Waals surface area (Å²) >= 11 is 3.27. The minimum absolute atomic E-state index is 0. The molecule has 2 unspecified atom stereocenters. The number of hydrogen-bond acceptors (Lipinski definition) is 8. The van der Waals surface area contributed by atoms with Gasteiger partial charge in [0.2, 0.25) is 5.91 Å². The Bertz CT molecular complexity index is 841. The summed E-state index contributed by atoms with van der Waals surface area (Å²) in [5.74, 6) is 0.242. The summed E-state index contributed by atoms with van der Waals surface area (Å²) in [4.78, 5) is 39.0. The van der Waals surface area contributed by atoms with Crippen LogP contribution >= 0.6 is 23.5 Å². The predicted molar refractivity (Wildman–Crippen MR) is 107 cm³/mol. The van der Waals surface area contributed by atoms with Crippen LogP contribution in [-0.4, -0.2) is 70.6 Å². The Kier molecular flexibility index (Phi) is 7.23. The minimum Gasteiger partial charge on any atom is -0.548 e. The molecule has 1 spiro atoms. The van der Waals surface area contributed by atoms with Gasteiger partial charge in [-0.25, -0.2) is 0 Å². The zero-order chi connectivity index (χ0) is 20.8. The van der Waals surface area contributed by atoms with Crippen molar-refractivity contribution in [2.45, 2.75) is 35.0 Å². The minimum atomic E-state index is -1.23. The molecule has 1 N–H and O–H groups in total. The van der Waals surface area contributed by atoms with Gasteiger partial charge in [-0.1, -0.05) is 6.07 Å². The Morgan fingerprint density at radius 1 is 1.20 bits per heavy atom. The molecule has 3 saturated heterocycles. The zero-order valence-electron chi connectivity index (χ0n) is 17.0. The second-order valence-corrected chi connectivity index (χ2v) is 9.90. The van der Waals surface area contributed by atoms with Gasteiger partial charge in [0, 0.05) is 4.75 Å². The number of carboxylic acids is 1. The Morgan fingerprint density at radius 2 is 1.80 bits per heavy atom. The third-order valence-corrected chi connectivity index (χ3v) is 8.54. The smallest absolute Gasteiger partial charge is 0.548 e. The number of hydrogen-bond donors (Lipinski definition) is 1. The van der Waals surface area contributed by atoms with Crippen LogP contribution in [-0.2, 0) is 9.59 Å². The average molecular weight is 461 g/mol. The number of methoxy groups -OCH3 is 2. The Labute approximate surface area is 205 Å². The third kappa shape index (κ3) is 3.70. The normalized spacial score (nSPS) is 26.3. The molecule has 8 nitrogen and oxygen atoms in total. The van der Waals surface area contributed by atoms with E-state index in [0.717, 1.165) is 11.5 Å². The maximum atomic E-state index is 12.9. The van der Waals surface area contributed by atoms with Crippen molar-refractivity contribution < 1.29 is 58.5 Å². The monoisotopic (exact) mass is 460 g/mol. The molecule has 1 aromatic carbocycles. The SMILES string of the molecule is COc1cccc(OC)c1C(=O)NC1C(=O)N2C(C(=O)[O-])C3(CCSCC3)S[C@@H]12.[Na+]. The van der Waals surface area contributed by atoms with Gasteiger partial charge in [-0.05, 0) is 36.5 Å². The molecule has 0 radical (unpaired) electrons. The second kappa shape index (κ2) is 9.20. The van der Waals surface area contributed by atoms with Crippen molar-refractivity contribution in [3.63, 3.8) is 0 Å². The van der Waals surface area contributed by atoms with Crippen LogP contribution in [0.25, 0.3) is 0 Å².